The Kier molecular flexibility index (Phi) is 29.3. The van der Waals surface area contributed by atoms with Gasteiger partial charge in [0.1, 0.15) is 60.4 Å². The molecule has 26 nitrogen and oxygen atoms in total. The number of ether oxygens (including phenoxy) is 2. The van der Waals surface area contributed by atoms with Crippen LogP contribution in [0.15, 0.2) is 24.3 Å². The summed E-state index contributed by atoms with van der Waals surface area (Å²) in [5.41, 5.74) is 5.44. The number of aromatic hydroxyl groups is 1. The van der Waals surface area contributed by atoms with E-state index in [1.165, 1.54) is 37.6 Å². The SMILES string of the molecule is CCC(C)CC(C)CCCCCCCCC(=O)N[C@@H]1C[C@@H](O)C(NCCOCCOCCN)NC(=O)C2[C@@H](O)[C@@H](C)CN2C(=O)C([C@@H](C)O)NC(=O)C([C@H](O)[C@@H](O)c2ccc(O)cc2)NC(=O)C2C[C@@H](O)CN2C(=O)C([C@@H](C)O)NC1=O. The number of unbranched alkanes of at least 4 members (excludes halogenated alkanes) is 5. The topological polar surface area (TPSA) is 404 Å². The lowest BCUT2D eigenvalue weighted by atomic mass is 9.91. The van der Waals surface area contributed by atoms with E-state index >= 15 is 0 Å². The van der Waals surface area contributed by atoms with Crippen molar-refractivity contribution in [1.29, 1.82) is 0 Å². The molecule has 0 radical (unpaired) electrons. The summed E-state index contributed by atoms with van der Waals surface area (Å²) in [7, 11) is 0. The first-order valence-electron chi connectivity index (χ1n) is 29.2. The number of rotatable bonds is 27. The van der Waals surface area contributed by atoms with Gasteiger partial charge in [0.25, 0.3) is 0 Å². The first kappa shape index (κ1) is 69.4. The lowest BCUT2D eigenvalue weighted by Crippen LogP contribution is -2.64. The normalized spacial score (nSPS) is 28.5. The molecule has 7 amide bonds. The predicted octanol–water partition coefficient (Wildman–Crippen LogP) is -2.36. The molecule has 17 atom stereocenters. The van der Waals surface area contributed by atoms with Crippen LogP contribution in [0.2, 0.25) is 0 Å². The van der Waals surface area contributed by atoms with Crippen molar-refractivity contribution in [1.82, 2.24) is 41.7 Å². The third-order valence-electron chi connectivity index (χ3n) is 15.6. The van der Waals surface area contributed by atoms with Gasteiger partial charge in [-0.2, -0.15) is 0 Å². The second-order valence-corrected chi connectivity index (χ2v) is 22.7. The van der Waals surface area contributed by atoms with Gasteiger partial charge in [-0.3, -0.25) is 38.9 Å². The van der Waals surface area contributed by atoms with Gasteiger partial charge in [0.05, 0.1) is 56.9 Å². The number of fused-ring (bicyclic) bond motifs is 2. The van der Waals surface area contributed by atoms with Crippen molar-refractivity contribution in [3.8, 4) is 5.75 Å². The predicted molar refractivity (Wildman–Crippen MR) is 298 cm³/mol. The number of aliphatic hydroxyl groups excluding tert-OH is 7. The fourth-order valence-corrected chi connectivity index (χ4v) is 10.6. The zero-order valence-electron chi connectivity index (χ0n) is 48.5. The second kappa shape index (κ2) is 34.6. The minimum absolute atomic E-state index is 0.0179. The highest BCUT2D eigenvalue weighted by atomic mass is 16.5. The number of nitrogens with zero attached hydrogens (tertiary/aromatic N) is 2. The van der Waals surface area contributed by atoms with Gasteiger partial charge in [0, 0.05) is 51.4 Å². The van der Waals surface area contributed by atoms with Crippen molar-refractivity contribution in [2.45, 2.75) is 204 Å². The van der Waals surface area contributed by atoms with Gasteiger partial charge >= 0.3 is 0 Å². The number of carbonyl (C=O) groups is 7. The second-order valence-electron chi connectivity index (χ2n) is 22.7. The number of aliphatic hydroxyl groups is 7. The monoisotopic (exact) mass is 1170 g/mol. The van der Waals surface area contributed by atoms with Crippen LogP contribution in [-0.2, 0) is 43.0 Å². The lowest BCUT2D eigenvalue weighted by Gasteiger charge is -2.34. The summed E-state index contributed by atoms with van der Waals surface area (Å²) in [6.07, 6.45) is -6.58. The maximum absolute atomic E-state index is 14.6. The largest absolute Gasteiger partial charge is 0.508 e. The smallest absolute Gasteiger partial charge is 0.248 e. The van der Waals surface area contributed by atoms with Gasteiger partial charge in [0.2, 0.25) is 41.4 Å². The Balaban J connectivity index is 1.74. The Labute approximate surface area is 481 Å². The highest BCUT2D eigenvalue weighted by Crippen LogP contribution is 2.28. The Bertz CT molecular complexity index is 2180. The number of nitrogens with one attached hydrogen (secondary N) is 6. The molecule has 1 aromatic rings. The van der Waals surface area contributed by atoms with Crippen molar-refractivity contribution in [3.05, 3.63) is 29.8 Å². The van der Waals surface area contributed by atoms with Crippen LogP contribution < -0.4 is 37.6 Å². The quantitative estimate of drug-likeness (QED) is 0.0410. The summed E-state index contributed by atoms with van der Waals surface area (Å²) in [6.45, 7) is 10.5. The Morgan fingerprint density at radius 1 is 0.707 bits per heavy atom. The molecule has 466 valence electrons. The van der Waals surface area contributed by atoms with E-state index in [0.29, 0.717) is 37.8 Å². The first-order chi connectivity index (χ1) is 38.9. The Hall–Kier alpha value is -5.13. The van der Waals surface area contributed by atoms with Crippen molar-refractivity contribution in [2.24, 2.45) is 23.5 Å². The molecule has 8 unspecified atom stereocenters. The number of benzene rings is 1. The highest BCUT2D eigenvalue weighted by molar-refractivity contribution is 5.98. The van der Waals surface area contributed by atoms with E-state index < -0.39 is 152 Å². The van der Waals surface area contributed by atoms with Gasteiger partial charge in [-0.25, -0.2) is 0 Å². The van der Waals surface area contributed by atoms with Gasteiger partial charge < -0.3 is 92.4 Å². The molecule has 0 aliphatic carbocycles. The van der Waals surface area contributed by atoms with Crippen LogP contribution in [0.25, 0.3) is 0 Å². The van der Waals surface area contributed by atoms with Gasteiger partial charge in [-0.15, -0.1) is 0 Å². The molecule has 1 aromatic carbocycles. The van der Waals surface area contributed by atoms with E-state index in [1.807, 2.05) is 0 Å². The molecule has 0 saturated carbocycles. The van der Waals surface area contributed by atoms with Gasteiger partial charge in [0.15, 0.2) is 0 Å². The zero-order valence-corrected chi connectivity index (χ0v) is 48.5. The fraction of sp³-hybridized carbons (Fsp3) is 0.768. The van der Waals surface area contributed by atoms with Crippen molar-refractivity contribution in [3.63, 3.8) is 0 Å². The number of carbonyl (C=O) groups excluding carboxylic acids is 7. The molecule has 3 aliphatic heterocycles. The minimum Gasteiger partial charge on any atom is -0.508 e. The fourth-order valence-electron chi connectivity index (χ4n) is 10.6. The van der Waals surface area contributed by atoms with E-state index in [0.717, 1.165) is 62.2 Å². The van der Waals surface area contributed by atoms with Crippen molar-refractivity contribution >= 4 is 41.4 Å². The average molecular weight is 1170 g/mol. The van der Waals surface area contributed by atoms with E-state index in [9.17, 15) is 74.4 Å². The third kappa shape index (κ3) is 20.9. The molecule has 3 aliphatic rings. The van der Waals surface area contributed by atoms with E-state index in [1.54, 1.807) is 0 Å². The summed E-state index contributed by atoms with van der Waals surface area (Å²) < 4.78 is 11.0. The van der Waals surface area contributed by atoms with E-state index in [4.69, 9.17) is 15.2 Å². The standard InChI is InChI=1S/C56H95N9O17/c1-7-31(2)26-32(3)14-12-10-8-9-11-13-15-42(71)59-39-28-41(70)50(58-21-23-82-25-24-81-22-20-57)63-54(78)46-47(72)33(4)29-65(46)56(80)44(35(6)67)61-53(77)45(49(74)48(73)36-16-18-37(68)19-17-36)62-52(76)40-27-38(69)30-64(40)55(79)43(34(5)66)60-51(39)75/h16-19,31-35,38-41,43-50,58,66-70,72-74H,7-15,20-30,57H2,1-6H3,(H,59,71)(H,60,75)(H,61,77)(H,62,76)(H,63,78)/t31?,32?,33-,34+,35+,38+,39+,40?,41+,43?,44?,45?,46?,47-,48-,49-,50?/m0/s1. The van der Waals surface area contributed by atoms with Gasteiger partial charge in [-0.05, 0) is 56.2 Å². The molecule has 0 bridgehead atoms. The lowest BCUT2D eigenvalue weighted by molar-refractivity contribution is -0.148. The molecular weight excluding hydrogens is 1070 g/mol. The molecule has 0 aromatic heterocycles. The van der Waals surface area contributed by atoms with E-state index in [-0.39, 0.29) is 50.6 Å². The number of phenols is 1. The molecule has 0 spiro atoms. The maximum atomic E-state index is 14.6. The van der Waals surface area contributed by atoms with Crippen LogP contribution in [0.5, 0.6) is 5.75 Å². The van der Waals surface area contributed by atoms with Crippen LogP contribution in [0, 0.1) is 17.8 Å². The first-order valence-corrected chi connectivity index (χ1v) is 29.2. The number of hydrogen-bond donors (Lipinski definition) is 15. The van der Waals surface area contributed by atoms with Crippen LogP contribution >= 0.6 is 0 Å². The summed E-state index contributed by atoms with van der Waals surface area (Å²) in [4.78, 5) is 103. The summed E-state index contributed by atoms with van der Waals surface area (Å²) >= 11 is 0. The maximum Gasteiger partial charge on any atom is 0.248 e. The van der Waals surface area contributed by atoms with Crippen LogP contribution in [0.3, 0.4) is 0 Å². The van der Waals surface area contributed by atoms with Crippen LogP contribution in [-0.4, -0.2) is 224 Å². The third-order valence-corrected chi connectivity index (χ3v) is 15.6. The Morgan fingerprint density at radius 3 is 1.91 bits per heavy atom. The molecular formula is C56H95N9O17. The number of hydrogen-bond acceptors (Lipinski definition) is 19. The number of nitrogens with two attached hydrogens (primary N) is 1. The number of phenolic OH excluding ortho intramolecular Hbond substituents is 1. The summed E-state index contributed by atoms with van der Waals surface area (Å²) in [5.74, 6) is -7.23. The summed E-state index contributed by atoms with van der Waals surface area (Å²) in [5, 5.41) is 105. The molecule has 4 rings (SSSR count). The van der Waals surface area contributed by atoms with E-state index in [2.05, 4.69) is 52.7 Å². The van der Waals surface area contributed by atoms with Gasteiger partial charge in [-0.1, -0.05) is 84.8 Å². The van der Waals surface area contributed by atoms with Crippen LogP contribution in [0.1, 0.15) is 130 Å². The van der Waals surface area contributed by atoms with Crippen molar-refractivity contribution in [2.75, 3.05) is 52.6 Å². The molecule has 3 heterocycles. The van der Waals surface area contributed by atoms with Crippen molar-refractivity contribution < 1.29 is 83.9 Å². The molecule has 26 heteroatoms. The zero-order chi connectivity index (χ0) is 60.8. The minimum atomic E-state index is -2.27. The average Bonchev–Trinajstić information content (AvgIpc) is 4.14. The summed E-state index contributed by atoms with van der Waals surface area (Å²) in [6, 6.07) is -6.39. The van der Waals surface area contributed by atoms with Crippen LogP contribution in [0.4, 0.5) is 0 Å². The Morgan fingerprint density at radius 2 is 1.29 bits per heavy atom. The molecule has 3 fully saturated rings. The number of amides is 7. The molecule has 16 N–H and O–H groups in total. The molecule has 3 saturated heterocycles. The molecule has 82 heavy (non-hydrogen) atoms. The highest BCUT2D eigenvalue weighted by Gasteiger charge is 2.50.